The first-order valence-electron chi connectivity index (χ1n) is 10.6. The number of carboxylic acids is 1. The van der Waals surface area contributed by atoms with Gasteiger partial charge in [-0.15, -0.1) is 0 Å². The van der Waals surface area contributed by atoms with Crippen molar-refractivity contribution >= 4 is 35.1 Å². The molecule has 0 radical (unpaired) electrons. The molecule has 0 spiro atoms. The van der Waals surface area contributed by atoms with Crippen LogP contribution in [0.1, 0.15) is 54.4 Å². The van der Waals surface area contributed by atoms with E-state index in [2.05, 4.69) is 4.90 Å². The van der Waals surface area contributed by atoms with Crippen LogP contribution in [0.15, 0.2) is 36.4 Å². The van der Waals surface area contributed by atoms with Gasteiger partial charge in [-0.3, -0.25) is 4.79 Å². The highest BCUT2D eigenvalue weighted by molar-refractivity contribution is 6.45. The van der Waals surface area contributed by atoms with E-state index in [1.54, 1.807) is 6.07 Å². The molecule has 1 unspecified atom stereocenters. The van der Waals surface area contributed by atoms with Crippen molar-refractivity contribution in [3.63, 3.8) is 0 Å². The van der Waals surface area contributed by atoms with Gasteiger partial charge in [-0.25, -0.2) is 4.79 Å². The molecule has 0 bridgehead atoms. The zero-order valence-corrected chi connectivity index (χ0v) is 18.3. The van der Waals surface area contributed by atoms with Gasteiger partial charge >= 0.3 is 5.97 Å². The van der Waals surface area contributed by atoms with E-state index in [0.29, 0.717) is 17.5 Å². The number of carboxylic acid groups (broad SMARTS) is 1. The lowest BCUT2D eigenvalue weighted by Crippen LogP contribution is -2.39. The standard InChI is InChI=1S/C24H25Cl2NO3/c25-21-19(10-11-20(22(21)26)24(29)30)16-8-6-15(7-9-16)14-17-12-13-27(23(17)28)18-4-2-1-3-5-18/h6-11,17-18H,1-5,12-14H2,(H,29,30). The van der Waals surface area contributed by atoms with Crippen LogP contribution >= 0.6 is 23.2 Å². The van der Waals surface area contributed by atoms with Crippen molar-refractivity contribution in [3.8, 4) is 11.1 Å². The van der Waals surface area contributed by atoms with Crippen LogP contribution in [0.3, 0.4) is 0 Å². The summed E-state index contributed by atoms with van der Waals surface area (Å²) < 4.78 is 0. The van der Waals surface area contributed by atoms with Crippen molar-refractivity contribution < 1.29 is 14.7 Å². The topological polar surface area (TPSA) is 57.6 Å². The molecule has 1 aliphatic heterocycles. The smallest absolute Gasteiger partial charge is 0.337 e. The summed E-state index contributed by atoms with van der Waals surface area (Å²) in [6, 6.07) is 11.5. The minimum absolute atomic E-state index is 0.00990. The fraction of sp³-hybridized carbons (Fsp3) is 0.417. The average molecular weight is 446 g/mol. The predicted molar refractivity (Wildman–Crippen MR) is 119 cm³/mol. The van der Waals surface area contributed by atoms with E-state index in [1.807, 2.05) is 24.3 Å². The van der Waals surface area contributed by atoms with Gasteiger partial charge in [0.15, 0.2) is 0 Å². The maximum atomic E-state index is 12.9. The fourth-order valence-corrected chi connectivity index (χ4v) is 5.27. The van der Waals surface area contributed by atoms with Gasteiger partial charge in [0.2, 0.25) is 5.91 Å². The molecule has 1 aliphatic carbocycles. The first-order valence-corrected chi connectivity index (χ1v) is 11.3. The van der Waals surface area contributed by atoms with E-state index in [4.69, 9.17) is 23.2 Å². The number of nitrogens with zero attached hydrogens (tertiary/aromatic N) is 1. The third kappa shape index (κ3) is 4.21. The van der Waals surface area contributed by atoms with Crippen molar-refractivity contribution in [2.24, 2.45) is 5.92 Å². The Bertz CT molecular complexity index is 952. The van der Waals surface area contributed by atoms with Crippen LogP contribution in [0, 0.1) is 5.92 Å². The third-order valence-corrected chi connectivity index (χ3v) is 7.31. The summed E-state index contributed by atoms with van der Waals surface area (Å²) in [7, 11) is 0. The number of carbonyl (C=O) groups excluding carboxylic acids is 1. The lowest BCUT2D eigenvalue weighted by atomic mass is 9.93. The summed E-state index contributed by atoms with van der Waals surface area (Å²) in [4.78, 5) is 26.2. The third-order valence-electron chi connectivity index (χ3n) is 6.43. The summed E-state index contributed by atoms with van der Waals surface area (Å²) in [5, 5.41) is 9.45. The number of benzene rings is 2. The predicted octanol–water partition coefficient (Wildman–Crippen LogP) is 6.08. The Kier molecular flexibility index (Phi) is 6.35. The summed E-state index contributed by atoms with van der Waals surface area (Å²) in [5.74, 6) is -0.733. The highest BCUT2D eigenvalue weighted by Crippen LogP contribution is 2.36. The van der Waals surface area contributed by atoms with Crippen LogP contribution in [-0.2, 0) is 11.2 Å². The molecule has 30 heavy (non-hydrogen) atoms. The lowest BCUT2D eigenvalue weighted by Gasteiger charge is -2.31. The summed E-state index contributed by atoms with van der Waals surface area (Å²) in [6.07, 6.45) is 7.74. The molecule has 2 aromatic rings. The van der Waals surface area contributed by atoms with E-state index >= 15 is 0 Å². The Hall–Kier alpha value is -2.04. The molecule has 6 heteroatoms. The number of aromatic carboxylic acids is 1. The highest BCUT2D eigenvalue weighted by atomic mass is 35.5. The largest absolute Gasteiger partial charge is 0.478 e. The number of amides is 1. The van der Waals surface area contributed by atoms with E-state index < -0.39 is 5.97 Å². The zero-order valence-electron chi connectivity index (χ0n) is 16.7. The van der Waals surface area contributed by atoms with Crippen LogP contribution in [0.5, 0.6) is 0 Å². The lowest BCUT2D eigenvalue weighted by molar-refractivity contribution is -0.133. The number of likely N-dealkylation sites (tertiary alicyclic amines) is 1. The van der Waals surface area contributed by atoms with Crippen molar-refractivity contribution in [1.82, 2.24) is 4.90 Å². The molecule has 2 aliphatic rings. The Labute approximate surface area is 186 Å². The van der Waals surface area contributed by atoms with Crippen LogP contribution < -0.4 is 0 Å². The first-order chi connectivity index (χ1) is 14.5. The molecule has 4 nitrogen and oxygen atoms in total. The molecular formula is C24H25Cl2NO3. The van der Waals surface area contributed by atoms with Crippen molar-refractivity contribution in [3.05, 3.63) is 57.6 Å². The molecule has 1 N–H and O–H groups in total. The number of carbonyl (C=O) groups is 2. The molecule has 0 aromatic heterocycles. The van der Waals surface area contributed by atoms with Gasteiger partial charge in [0.05, 0.1) is 15.6 Å². The molecule has 1 saturated heterocycles. The second kappa shape index (κ2) is 8.99. The molecule has 158 valence electrons. The Morgan fingerprint density at radius 3 is 2.33 bits per heavy atom. The van der Waals surface area contributed by atoms with Gasteiger partial charge in [-0.05, 0) is 42.9 Å². The normalized spacial score (nSPS) is 20.0. The summed E-state index contributed by atoms with van der Waals surface area (Å²) >= 11 is 12.4. The number of hydrogen-bond acceptors (Lipinski definition) is 2. The van der Waals surface area contributed by atoms with Gasteiger partial charge in [0, 0.05) is 24.1 Å². The molecule has 2 aromatic carbocycles. The summed E-state index contributed by atoms with van der Waals surface area (Å²) in [6.45, 7) is 0.885. The fourth-order valence-electron chi connectivity index (χ4n) is 4.75. The molecule has 1 saturated carbocycles. The second-order valence-corrected chi connectivity index (χ2v) is 9.06. The van der Waals surface area contributed by atoms with E-state index in [9.17, 15) is 14.7 Å². The number of hydrogen-bond donors (Lipinski definition) is 1. The van der Waals surface area contributed by atoms with Gasteiger partial charge in [-0.1, -0.05) is 72.8 Å². The molecule has 4 rings (SSSR count). The van der Waals surface area contributed by atoms with E-state index in [1.165, 1.54) is 25.3 Å². The second-order valence-electron chi connectivity index (χ2n) is 8.30. The van der Waals surface area contributed by atoms with Crippen LogP contribution in [0.2, 0.25) is 10.0 Å². The Morgan fingerprint density at radius 2 is 1.67 bits per heavy atom. The monoisotopic (exact) mass is 445 g/mol. The molecule has 1 heterocycles. The van der Waals surface area contributed by atoms with Crippen molar-refractivity contribution in [2.45, 2.75) is 51.0 Å². The van der Waals surface area contributed by atoms with E-state index in [0.717, 1.165) is 43.4 Å². The molecule has 1 atom stereocenters. The van der Waals surface area contributed by atoms with Crippen LogP contribution in [0.25, 0.3) is 11.1 Å². The highest BCUT2D eigenvalue weighted by Gasteiger charge is 2.36. The number of halogens is 2. The minimum Gasteiger partial charge on any atom is -0.478 e. The quantitative estimate of drug-likeness (QED) is 0.606. The van der Waals surface area contributed by atoms with Gasteiger partial charge in [0.25, 0.3) is 0 Å². The van der Waals surface area contributed by atoms with Gasteiger partial charge in [-0.2, -0.15) is 0 Å². The molecule has 2 fully saturated rings. The average Bonchev–Trinajstić information content (AvgIpc) is 3.11. The Morgan fingerprint density at radius 1 is 0.967 bits per heavy atom. The minimum atomic E-state index is -1.10. The maximum absolute atomic E-state index is 12.9. The van der Waals surface area contributed by atoms with Crippen molar-refractivity contribution in [2.75, 3.05) is 6.54 Å². The van der Waals surface area contributed by atoms with Gasteiger partial charge < -0.3 is 10.0 Å². The maximum Gasteiger partial charge on any atom is 0.337 e. The molecular weight excluding hydrogens is 421 g/mol. The van der Waals surface area contributed by atoms with E-state index in [-0.39, 0.29) is 21.5 Å². The summed E-state index contributed by atoms with van der Waals surface area (Å²) in [5.41, 5.74) is 2.67. The van der Waals surface area contributed by atoms with Crippen molar-refractivity contribution in [1.29, 1.82) is 0 Å². The molecule has 1 amide bonds. The SMILES string of the molecule is O=C(O)c1ccc(-c2ccc(CC3CCN(C4CCCCC4)C3=O)cc2)c(Cl)c1Cl. The van der Waals surface area contributed by atoms with Crippen LogP contribution in [-0.4, -0.2) is 34.5 Å². The first kappa shape index (κ1) is 21.2. The number of rotatable bonds is 5. The Balaban J connectivity index is 1.45. The van der Waals surface area contributed by atoms with Gasteiger partial charge in [0.1, 0.15) is 0 Å². The zero-order chi connectivity index (χ0) is 21.3. The van der Waals surface area contributed by atoms with Crippen LogP contribution in [0.4, 0.5) is 0 Å².